The minimum Gasteiger partial charge on any atom is -0.477 e. The lowest BCUT2D eigenvalue weighted by molar-refractivity contribution is -0.169. The predicted molar refractivity (Wildman–Crippen MR) is 59.4 cm³/mol. The summed E-state index contributed by atoms with van der Waals surface area (Å²) in [5.74, 6) is -6.90. The molecular weight excluding hydrogens is 226 g/mol. The average Bonchev–Trinajstić information content (AvgIpc) is 2.28. The minimum atomic E-state index is -3.68. The van der Waals surface area contributed by atoms with Gasteiger partial charge < -0.3 is 5.11 Å². The number of carboxylic acids is 1. The van der Waals surface area contributed by atoms with Crippen LogP contribution in [0.25, 0.3) is 0 Å². The van der Waals surface area contributed by atoms with E-state index < -0.39 is 17.8 Å². The Morgan fingerprint density at radius 3 is 2.82 bits per heavy atom. The van der Waals surface area contributed by atoms with Gasteiger partial charge in [0.25, 0.3) is 0 Å². The highest BCUT2D eigenvalue weighted by atomic mass is 19.3. The van der Waals surface area contributed by atoms with Gasteiger partial charge in [-0.05, 0) is 42.9 Å². The third-order valence-electron chi connectivity index (χ3n) is 3.46. The summed E-state index contributed by atoms with van der Waals surface area (Å²) < 4.78 is 27.3. The van der Waals surface area contributed by atoms with Gasteiger partial charge >= 0.3 is 11.9 Å². The molecule has 0 spiro atoms. The molecule has 4 heteroatoms. The van der Waals surface area contributed by atoms with Gasteiger partial charge in [0.15, 0.2) is 0 Å². The Bertz CT molecular complexity index is 455. The molecule has 2 rings (SSSR count). The van der Waals surface area contributed by atoms with Crippen molar-refractivity contribution in [3.8, 4) is 0 Å². The molecule has 2 nitrogen and oxygen atoms in total. The number of halogens is 2. The zero-order valence-electron chi connectivity index (χ0n) is 9.54. The first kappa shape index (κ1) is 12.0. The van der Waals surface area contributed by atoms with E-state index in [-0.39, 0.29) is 6.42 Å². The molecule has 0 heterocycles. The van der Waals surface area contributed by atoms with Gasteiger partial charge in [0.2, 0.25) is 0 Å². The highest BCUT2D eigenvalue weighted by molar-refractivity contribution is 5.77. The quantitative estimate of drug-likeness (QED) is 0.862. The van der Waals surface area contributed by atoms with Gasteiger partial charge in [-0.25, -0.2) is 4.79 Å². The van der Waals surface area contributed by atoms with E-state index in [9.17, 15) is 13.6 Å². The van der Waals surface area contributed by atoms with Crippen molar-refractivity contribution in [1.82, 2.24) is 0 Å². The summed E-state index contributed by atoms with van der Waals surface area (Å²) in [5, 5.41) is 8.64. The van der Waals surface area contributed by atoms with Crippen LogP contribution in [0, 0.1) is 6.92 Å². The van der Waals surface area contributed by atoms with E-state index in [2.05, 4.69) is 0 Å². The fraction of sp³-hybridized carbons (Fsp3) is 0.462. The van der Waals surface area contributed by atoms with Gasteiger partial charge in [-0.15, -0.1) is 0 Å². The number of aliphatic carboxylic acids is 1. The smallest absolute Gasteiger partial charge is 0.375 e. The van der Waals surface area contributed by atoms with Crippen molar-refractivity contribution in [3.63, 3.8) is 0 Å². The van der Waals surface area contributed by atoms with Crippen LogP contribution in [0.5, 0.6) is 0 Å². The van der Waals surface area contributed by atoms with Crippen LogP contribution in [0.2, 0.25) is 0 Å². The molecule has 1 unspecified atom stereocenters. The van der Waals surface area contributed by atoms with E-state index in [1.165, 1.54) is 0 Å². The first-order valence-corrected chi connectivity index (χ1v) is 5.64. The van der Waals surface area contributed by atoms with Crippen molar-refractivity contribution in [2.75, 3.05) is 0 Å². The zero-order valence-corrected chi connectivity index (χ0v) is 9.54. The highest BCUT2D eigenvalue weighted by Gasteiger charge is 2.49. The number of hydrogen-bond acceptors (Lipinski definition) is 1. The van der Waals surface area contributed by atoms with Gasteiger partial charge in [-0.3, -0.25) is 0 Å². The third-order valence-corrected chi connectivity index (χ3v) is 3.46. The Morgan fingerprint density at radius 1 is 1.47 bits per heavy atom. The van der Waals surface area contributed by atoms with Crippen LogP contribution >= 0.6 is 0 Å². The first-order valence-electron chi connectivity index (χ1n) is 5.64. The molecular formula is C13H14F2O2. The molecule has 0 saturated heterocycles. The van der Waals surface area contributed by atoms with Gasteiger partial charge in [0, 0.05) is 0 Å². The first-order chi connectivity index (χ1) is 7.94. The van der Waals surface area contributed by atoms with Crippen LogP contribution in [-0.4, -0.2) is 17.0 Å². The monoisotopic (exact) mass is 240 g/mol. The second-order valence-electron chi connectivity index (χ2n) is 4.52. The molecule has 0 bridgehead atoms. The van der Waals surface area contributed by atoms with Crippen molar-refractivity contribution in [2.45, 2.75) is 38.0 Å². The van der Waals surface area contributed by atoms with E-state index in [4.69, 9.17) is 5.11 Å². The number of aryl methyl sites for hydroxylation is 1. The molecule has 92 valence electrons. The lowest BCUT2D eigenvalue weighted by Gasteiger charge is -2.30. The average molecular weight is 240 g/mol. The number of carboxylic acid groups (broad SMARTS) is 1. The summed E-state index contributed by atoms with van der Waals surface area (Å²) in [5.41, 5.74) is 2.36. The van der Waals surface area contributed by atoms with E-state index in [1.807, 2.05) is 13.0 Å². The highest BCUT2D eigenvalue weighted by Crippen LogP contribution is 2.43. The van der Waals surface area contributed by atoms with Crippen molar-refractivity contribution in [3.05, 3.63) is 34.9 Å². The zero-order chi connectivity index (χ0) is 12.6. The van der Waals surface area contributed by atoms with Crippen molar-refractivity contribution in [1.29, 1.82) is 0 Å². The largest absolute Gasteiger partial charge is 0.477 e. The molecule has 0 aromatic heterocycles. The molecule has 1 aromatic rings. The van der Waals surface area contributed by atoms with Crippen molar-refractivity contribution in [2.24, 2.45) is 0 Å². The maximum Gasteiger partial charge on any atom is 0.375 e. The summed E-state index contributed by atoms with van der Waals surface area (Å²) in [6.07, 6.45) is 1.61. The Hall–Kier alpha value is -1.45. The van der Waals surface area contributed by atoms with Crippen molar-refractivity contribution < 1.29 is 18.7 Å². The fourth-order valence-corrected chi connectivity index (χ4v) is 2.56. The Morgan fingerprint density at radius 2 is 2.18 bits per heavy atom. The second kappa shape index (κ2) is 4.09. The lowest BCUT2D eigenvalue weighted by atomic mass is 9.78. The molecule has 0 amide bonds. The summed E-state index contributed by atoms with van der Waals surface area (Å²) in [6, 6.07) is 5.22. The van der Waals surface area contributed by atoms with Crippen LogP contribution in [0.4, 0.5) is 8.78 Å². The molecule has 1 N–H and O–H groups in total. The van der Waals surface area contributed by atoms with Gasteiger partial charge in [-0.2, -0.15) is 8.78 Å². The normalized spacial score (nSPS) is 19.8. The number of carbonyl (C=O) groups is 1. The number of alkyl halides is 2. The molecule has 1 atom stereocenters. The van der Waals surface area contributed by atoms with Gasteiger partial charge in [0.1, 0.15) is 0 Å². The van der Waals surface area contributed by atoms with E-state index >= 15 is 0 Å². The lowest BCUT2D eigenvalue weighted by Crippen LogP contribution is -2.37. The van der Waals surface area contributed by atoms with E-state index in [1.54, 1.807) is 12.1 Å². The fourth-order valence-electron chi connectivity index (χ4n) is 2.56. The maximum atomic E-state index is 13.6. The molecule has 0 radical (unpaired) electrons. The molecule has 17 heavy (non-hydrogen) atoms. The molecule has 0 fully saturated rings. The predicted octanol–water partition coefficient (Wildman–Crippen LogP) is 3.13. The standard InChI is InChI=1S/C13H14F2O2/c1-8-4-2-6-10-9(8)5-3-7-11(10)13(14,15)12(16)17/h2,4,6,11H,3,5,7H2,1H3,(H,16,17). The SMILES string of the molecule is Cc1cccc2c1CCCC2C(F)(F)C(=O)O. The topological polar surface area (TPSA) is 37.3 Å². The minimum absolute atomic E-state index is 0.232. The van der Waals surface area contributed by atoms with Crippen LogP contribution in [0.3, 0.4) is 0 Å². The summed E-state index contributed by atoms with van der Waals surface area (Å²) in [4.78, 5) is 10.7. The number of benzene rings is 1. The second-order valence-corrected chi connectivity index (χ2v) is 4.52. The number of fused-ring (bicyclic) bond motifs is 1. The molecule has 1 aliphatic rings. The number of hydrogen-bond donors (Lipinski definition) is 1. The third kappa shape index (κ3) is 1.92. The Kier molecular flexibility index (Phi) is 2.89. The van der Waals surface area contributed by atoms with E-state index in [0.29, 0.717) is 12.0 Å². The Balaban J connectivity index is 2.49. The van der Waals surface area contributed by atoms with Gasteiger partial charge in [-0.1, -0.05) is 18.2 Å². The summed E-state index contributed by atoms with van der Waals surface area (Å²) in [6.45, 7) is 1.88. The molecule has 0 saturated carbocycles. The maximum absolute atomic E-state index is 13.6. The number of rotatable bonds is 2. The van der Waals surface area contributed by atoms with Crippen molar-refractivity contribution >= 4 is 5.97 Å². The molecule has 1 aromatic carbocycles. The van der Waals surface area contributed by atoms with Crippen LogP contribution in [-0.2, 0) is 11.2 Å². The van der Waals surface area contributed by atoms with E-state index in [0.717, 1.165) is 17.5 Å². The Labute approximate surface area is 98.3 Å². The summed E-state index contributed by atoms with van der Waals surface area (Å²) in [7, 11) is 0. The molecule has 0 aliphatic heterocycles. The molecule has 1 aliphatic carbocycles. The van der Waals surface area contributed by atoms with Crippen LogP contribution in [0.1, 0.15) is 35.4 Å². The van der Waals surface area contributed by atoms with Crippen LogP contribution < -0.4 is 0 Å². The van der Waals surface area contributed by atoms with Gasteiger partial charge in [0.05, 0.1) is 5.92 Å². The summed E-state index contributed by atoms with van der Waals surface area (Å²) >= 11 is 0. The van der Waals surface area contributed by atoms with Crippen LogP contribution in [0.15, 0.2) is 18.2 Å².